The average Bonchev–Trinajstić information content (AvgIpc) is 2.74. The summed E-state index contributed by atoms with van der Waals surface area (Å²) in [6.07, 6.45) is 0. The fourth-order valence-electron chi connectivity index (χ4n) is 3.03. The van der Waals surface area contributed by atoms with Gasteiger partial charge in [-0.05, 0) is 32.0 Å². The molecule has 0 bridgehead atoms. The van der Waals surface area contributed by atoms with Crippen molar-refractivity contribution in [2.45, 2.75) is 19.9 Å². The van der Waals surface area contributed by atoms with Crippen molar-refractivity contribution in [2.75, 3.05) is 38.6 Å². The van der Waals surface area contributed by atoms with Gasteiger partial charge in [-0.1, -0.05) is 0 Å². The second-order valence-corrected chi connectivity index (χ2v) is 5.54. The Bertz CT molecular complexity index is 601. The Morgan fingerprint density at radius 3 is 2.85 bits per heavy atom. The maximum absolute atomic E-state index is 5.84. The summed E-state index contributed by atoms with van der Waals surface area (Å²) in [7, 11) is 0. The molecule has 108 valence electrons. The van der Waals surface area contributed by atoms with Crippen molar-refractivity contribution >= 4 is 16.7 Å². The number of nitrogens with two attached hydrogens (primary N) is 1. The van der Waals surface area contributed by atoms with Crippen LogP contribution in [0.25, 0.3) is 11.0 Å². The number of nitrogen functional groups attached to an aromatic ring is 1. The fraction of sp³-hybridized carbons (Fsp3) is 0.533. The van der Waals surface area contributed by atoms with E-state index in [-0.39, 0.29) is 0 Å². The summed E-state index contributed by atoms with van der Waals surface area (Å²) >= 11 is 0. The highest BCUT2D eigenvalue weighted by molar-refractivity contribution is 5.79. The molecule has 1 fully saturated rings. The molecule has 0 spiro atoms. The van der Waals surface area contributed by atoms with E-state index in [1.165, 1.54) is 0 Å². The second-order valence-electron chi connectivity index (χ2n) is 5.54. The highest BCUT2D eigenvalue weighted by Crippen LogP contribution is 2.23. The van der Waals surface area contributed by atoms with Gasteiger partial charge in [0.1, 0.15) is 5.82 Å². The maximum atomic E-state index is 5.84. The van der Waals surface area contributed by atoms with Gasteiger partial charge < -0.3 is 15.0 Å². The van der Waals surface area contributed by atoms with Crippen LogP contribution < -0.4 is 5.73 Å². The van der Waals surface area contributed by atoms with Crippen LogP contribution in [0.15, 0.2) is 18.2 Å². The molecular weight excluding hydrogens is 252 g/mol. The monoisotopic (exact) mass is 274 g/mol. The first kappa shape index (κ1) is 13.4. The molecule has 2 N–H and O–H groups in total. The number of benzene rings is 1. The normalized spacial score (nSPS) is 18.5. The van der Waals surface area contributed by atoms with Crippen LogP contribution in [-0.2, 0) is 4.74 Å². The van der Waals surface area contributed by atoms with Crippen molar-refractivity contribution in [3.05, 3.63) is 24.0 Å². The molecule has 1 aromatic heterocycles. The minimum Gasteiger partial charge on any atom is -0.399 e. The van der Waals surface area contributed by atoms with Crippen LogP contribution in [0.5, 0.6) is 0 Å². The van der Waals surface area contributed by atoms with Crippen molar-refractivity contribution in [3.63, 3.8) is 0 Å². The number of imidazole rings is 1. The molecule has 0 saturated carbocycles. The number of fused-ring (bicyclic) bond motifs is 1. The van der Waals surface area contributed by atoms with E-state index in [1.54, 1.807) is 0 Å². The van der Waals surface area contributed by atoms with Crippen molar-refractivity contribution < 1.29 is 4.74 Å². The molecule has 1 atom stereocenters. The van der Waals surface area contributed by atoms with Gasteiger partial charge in [0.05, 0.1) is 24.2 Å². The smallest absolute Gasteiger partial charge is 0.107 e. The first-order valence-corrected chi connectivity index (χ1v) is 7.19. The first-order chi connectivity index (χ1) is 9.65. The third-order valence-corrected chi connectivity index (χ3v) is 3.96. The zero-order valence-corrected chi connectivity index (χ0v) is 12.2. The number of aromatic nitrogens is 2. The van der Waals surface area contributed by atoms with Gasteiger partial charge in [0.2, 0.25) is 0 Å². The summed E-state index contributed by atoms with van der Waals surface area (Å²) in [6, 6.07) is 6.35. The van der Waals surface area contributed by atoms with E-state index in [4.69, 9.17) is 10.5 Å². The van der Waals surface area contributed by atoms with Crippen LogP contribution >= 0.6 is 0 Å². The Hall–Kier alpha value is -1.59. The summed E-state index contributed by atoms with van der Waals surface area (Å²) in [5.74, 6) is 1.05. The lowest BCUT2D eigenvalue weighted by Gasteiger charge is -2.30. The Morgan fingerprint density at radius 1 is 1.35 bits per heavy atom. The van der Waals surface area contributed by atoms with E-state index < -0.39 is 0 Å². The third kappa shape index (κ3) is 2.51. The molecule has 3 rings (SSSR count). The molecule has 0 radical (unpaired) electrons. The molecule has 1 aromatic carbocycles. The highest BCUT2D eigenvalue weighted by atomic mass is 16.5. The molecule has 1 aliphatic heterocycles. The summed E-state index contributed by atoms with van der Waals surface area (Å²) in [5, 5.41) is 0. The highest BCUT2D eigenvalue weighted by Gasteiger charge is 2.18. The molecule has 0 aliphatic carbocycles. The Balaban J connectivity index is 1.86. The van der Waals surface area contributed by atoms with E-state index in [0.717, 1.165) is 55.4 Å². The van der Waals surface area contributed by atoms with E-state index >= 15 is 0 Å². The molecule has 1 aliphatic rings. The van der Waals surface area contributed by atoms with Gasteiger partial charge >= 0.3 is 0 Å². The van der Waals surface area contributed by atoms with Crippen LogP contribution in [-0.4, -0.2) is 47.3 Å². The van der Waals surface area contributed by atoms with E-state index in [9.17, 15) is 0 Å². The molecule has 0 amide bonds. The third-order valence-electron chi connectivity index (χ3n) is 3.96. The minimum absolute atomic E-state index is 0.390. The van der Waals surface area contributed by atoms with Gasteiger partial charge in [0, 0.05) is 31.4 Å². The topological polar surface area (TPSA) is 56.3 Å². The van der Waals surface area contributed by atoms with Crippen LogP contribution in [0, 0.1) is 6.92 Å². The molecular formula is C15H22N4O. The number of hydrogen-bond acceptors (Lipinski definition) is 4. The molecule has 2 aromatic rings. The zero-order valence-electron chi connectivity index (χ0n) is 12.2. The molecule has 1 unspecified atom stereocenters. The second kappa shape index (κ2) is 5.42. The van der Waals surface area contributed by atoms with Gasteiger partial charge in [-0.15, -0.1) is 0 Å². The fourth-order valence-corrected chi connectivity index (χ4v) is 3.03. The molecule has 20 heavy (non-hydrogen) atoms. The van der Waals surface area contributed by atoms with Gasteiger partial charge in [-0.25, -0.2) is 4.98 Å². The van der Waals surface area contributed by atoms with Crippen LogP contribution in [0.4, 0.5) is 5.69 Å². The SMILES string of the molecule is Cc1nc2cc(N)ccc2n1C(C)CN1CCOCC1. The predicted molar refractivity (Wildman–Crippen MR) is 80.9 cm³/mol. The average molecular weight is 274 g/mol. The van der Waals surface area contributed by atoms with Crippen LogP contribution in [0.2, 0.25) is 0 Å². The van der Waals surface area contributed by atoms with Crippen molar-refractivity contribution in [1.82, 2.24) is 14.5 Å². The van der Waals surface area contributed by atoms with Crippen molar-refractivity contribution in [2.24, 2.45) is 0 Å². The summed E-state index contributed by atoms with van der Waals surface area (Å²) < 4.78 is 7.71. The first-order valence-electron chi connectivity index (χ1n) is 7.19. The standard InChI is InChI=1S/C15H22N4O/c1-11(10-18-5-7-20-8-6-18)19-12(2)17-14-9-13(16)3-4-15(14)19/h3-4,9,11H,5-8,10,16H2,1-2H3. The van der Waals surface area contributed by atoms with E-state index in [0.29, 0.717) is 6.04 Å². The lowest BCUT2D eigenvalue weighted by molar-refractivity contribution is 0.0327. The summed E-state index contributed by atoms with van der Waals surface area (Å²) in [4.78, 5) is 7.08. The van der Waals surface area contributed by atoms with Gasteiger partial charge in [-0.3, -0.25) is 4.90 Å². The maximum Gasteiger partial charge on any atom is 0.107 e. The zero-order chi connectivity index (χ0) is 14.1. The number of ether oxygens (including phenoxy) is 1. The van der Waals surface area contributed by atoms with Gasteiger partial charge in [-0.2, -0.15) is 0 Å². The van der Waals surface area contributed by atoms with E-state index in [2.05, 4.69) is 34.4 Å². The molecule has 5 heteroatoms. The number of anilines is 1. The van der Waals surface area contributed by atoms with E-state index in [1.807, 2.05) is 12.1 Å². The van der Waals surface area contributed by atoms with Crippen LogP contribution in [0.3, 0.4) is 0 Å². The van der Waals surface area contributed by atoms with Gasteiger partial charge in [0.15, 0.2) is 0 Å². The number of morpholine rings is 1. The molecule has 2 heterocycles. The van der Waals surface area contributed by atoms with Crippen molar-refractivity contribution in [3.8, 4) is 0 Å². The van der Waals surface area contributed by atoms with Gasteiger partial charge in [0.25, 0.3) is 0 Å². The minimum atomic E-state index is 0.390. The Labute approximate surface area is 119 Å². The summed E-state index contributed by atoms with van der Waals surface area (Å²) in [5.41, 5.74) is 8.75. The number of hydrogen-bond donors (Lipinski definition) is 1. The number of rotatable bonds is 3. The van der Waals surface area contributed by atoms with Crippen LogP contribution in [0.1, 0.15) is 18.8 Å². The quantitative estimate of drug-likeness (QED) is 0.867. The summed E-state index contributed by atoms with van der Waals surface area (Å²) in [6.45, 7) is 9.05. The lowest BCUT2D eigenvalue weighted by Crippen LogP contribution is -2.39. The lowest BCUT2D eigenvalue weighted by atomic mass is 10.2. The molecule has 5 nitrogen and oxygen atoms in total. The largest absolute Gasteiger partial charge is 0.399 e. The Kier molecular flexibility index (Phi) is 3.63. The number of aryl methyl sites for hydroxylation is 1. The molecule has 1 saturated heterocycles. The Morgan fingerprint density at radius 2 is 2.10 bits per heavy atom. The van der Waals surface area contributed by atoms with Crippen molar-refractivity contribution in [1.29, 1.82) is 0 Å². The number of nitrogens with zero attached hydrogens (tertiary/aromatic N) is 3. The predicted octanol–water partition coefficient (Wildman–Crippen LogP) is 1.82.